The molecular weight excluding hydrogens is 297 g/mol. The molecule has 4 unspecified atom stereocenters. The van der Waals surface area contributed by atoms with Crippen LogP contribution >= 0.6 is 0 Å². The summed E-state index contributed by atoms with van der Waals surface area (Å²) in [6.07, 6.45) is -10.5. The normalized spacial score (nSPS) is 30.2. The maximum Gasteiger partial charge on any atom is 0.312 e. The summed E-state index contributed by atoms with van der Waals surface area (Å²) in [6, 6.07) is 0.0299. The van der Waals surface area contributed by atoms with Gasteiger partial charge in [-0.1, -0.05) is 6.42 Å². The van der Waals surface area contributed by atoms with E-state index in [1.165, 1.54) is 0 Å². The number of halogens is 7. The Morgan fingerprint density at radius 2 is 1.63 bits per heavy atom. The Hall–Kier alpha value is -0.313. The minimum absolute atomic E-state index is 0.0299. The molecule has 1 fully saturated rings. The van der Waals surface area contributed by atoms with E-state index in [0.717, 1.165) is 6.55 Å². The number of rotatable bonds is 5. The van der Waals surface area contributed by atoms with Crippen LogP contribution in [0.15, 0.2) is 0 Å². The highest BCUT2D eigenvalue weighted by atomic mass is 28.4. The minimum Gasteiger partial charge on any atom is -0.414 e. The molecule has 0 radical (unpaired) electrons. The fourth-order valence-electron chi connectivity index (χ4n) is 2.04. The number of alkyl halides is 7. The van der Waals surface area contributed by atoms with E-state index in [-0.39, 0.29) is 12.7 Å². The Balaban J connectivity index is 2.85. The standard InChI is InChI=1S/C10H15F7OSi/c1-19(5-3-2-4-18-19)9(15)10(16,17)7(12)6(11)8(13)14/h6-9H,2-5H2,1H3. The molecule has 0 aliphatic carbocycles. The lowest BCUT2D eigenvalue weighted by Gasteiger charge is -2.38. The highest BCUT2D eigenvalue weighted by Gasteiger charge is 2.62. The first-order valence-corrected chi connectivity index (χ1v) is 8.54. The summed E-state index contributed by atoms with van der Waals surface area (Å²) in [6.45, 7) is 1.22. The summed E-state index contributed by atoms with van der Waals surface area (Å²) in [4.78, 5) is 0. The van der Waals surface area contributed by atoms with E-state index in [9.17, 15) is 30.7 Å². The summed E-state index contributed by atoms with van der Waals surface area (Å²) in [5.74, 6) is -7.86. The predicted molar refractivity (Wildman–Crippen MR) is 57.3 cm³/mol. The van der Waals surface area contributed by atoms with E-state index in [4.69, 9.17) is 4.43 Å². The monoisotopic (exact) mass is 312 g/mol. The van der Waals surface area contributed by atoms with Crippen molar-refractivity contribution in [2.45, 2.75) is 55.9 Å². The van der Waals surface area contributed by atoms with Crippen LogP contribution in [0, 0.1) is 0 Å². The smallest absolute Gasteiger partial charge is 0.312 e. The molecule has 114 valence electrons. The number of hydrogen-bond donors (Lipinski definition) is 0. The van der Waals surface area contributed by atoms with Gasteiger partial charge in [-0.2, -0.15) is 0 Å². The van der Waals surface area contributed by atoms with E-state index in [1.54, 1.807) is 0 Å². The van der Waals surface area contributed by atoms with Gasteiger partial charge in [-0.05, 0) is 19.0 Å². The lowest BCUT2D eigenvalue weighted by atomic mass is 10.1. The average Bonchev–Trinajstić information content (AvgIpc) is 2.36. The van der Waals surface area contributed by atoms with Crippen molar-refractivity contribution in [1.82, 2.24) is 0 Å². The van der Waals surface area contributed by atoms with Crippen LogP contribution < -0.4 is 0 Å². The minimum atomic E-state index is -4.81. The van der Waals surface area contributed by atoms with Gasteiger partial charge in [0, 0.05) is 6.61 Å². The molecule has 0 spiro atoms. The molecule has 1 aliphatic rings. The third-order valence-corrected chi connectivity index (χ3v) is 6.93. The molecule has 0 amide bonds. The first kappa shape index (κ1) is 16.7. The fraction of sp³-hybridized carbons (Fsp3) is 1.00. The van der Waals surface area contributed by atoms with E-state index in [0.29, 0.717) is 12.8 Å². The summed E-state index contributed by atoms with van der Waals surface area (Å²) < 4.78 is 95.5. The van der Waals surface area contributed by atoms with Gasteiger partial charge in [0.05, 0.1) is 0 Å². The predicted octanol–water partition coefficient (Wildman–Crippen LogP) is 3.83. The highest BCUT2D eigenvalue weighted by Crippen LogP contribution is 2.40. The second-order valence-electron chi connectivity index (χ2n) is 4.84. The lowest BCUT2D eigenvalue weighted by molar-refractivity contribution is -0.151. The second kappa shape index (κ2) is 5.98. The Morgan fingerprint density at radius 1 is 1.05 bits per heavy atom. The van der Waals surface area contributed by atoms with Crippen molar-refractivity contribution in [3.05, 3.63) is 0 Å². The van der Waals surface area contributed by atoms with Crippen LogP contribution in [0.25, 0.3) is 0 Å². The Morgan fingerprint density at radius 3 is 2.05 bits per heavy atom. The van der Waals surface area contributed by atoms with Crippen LogP contribution in [-0.4, -0.2) is 45.4 Å². The topological polar surface area (TPSA) is 9.23 Å². The van der Waals surface area contributed by atoms with Crippen molar-refractivity contribution < 1.29 is 35.2 Å². The molecule has 0 saturated carbocycles. The van der Waals surface area contributed by atoms with Crippen LogP contribution in [0.1, 0.15) is 12.8 Å². The second-order valence-corrected chi connectivity index (χ2v) is 8.76. The quantitative estimate of drug-likeness (QED) is 0.554. The van der Waals surface area contributed by atoms with Crippen molar-refractivity contribution in [3.8, 4) is 0 Å². The summed E-state index contributed by atoms with van der Waals surface area (Å²) in [5.41, 5.74) is 0. The van der Waals surface area contributed by atoms with Gasteiger partial charge in [0.1, 0.15) is 0 Å². The zero-order valence-corrected chi connectivity index (χ0v) is 11.2. The largest absolute Gasteiger partial charge is 0.414 e. The molecule has 0 aromatic carbocycles. The lowest BCUT2D eigenvalue weighted by Crippen LogP contribution is -2.60. The van der Waals surface area contributed by atoms with Crippen LogP contribution in [0.5, 0.6) is 0 Å². The highest BCUT2D eigenvalue weighted by molar-refractivity contribution is 6.74. The van der Waals surface area contributed by atoms with Gasteiger partial charge >= 0.3 is 5.92 Å². The molecule has 1 heterocycles. The van der Waals surface area contributed by atoms with Crippen LogP contribution in [0.2, 0.25) is 12.6 Å². The fourth-order valence-corrected chi connectivity index (χ4v) is 5.12. The molecule has 0 aromatic rings. The molecule has 9 heteroatoms. The SMILES string of the molecule is C[Si]1(C(F)C(F)(F)C(F)C(F)C(F)F)CCCCO1. The Bertz CT molecular complexity index is 296. The van der Waals surface area contributed by atoms with Crippen molar-refractivity contribution >= 4 is 8.32 Å². The first-order chi connectivity index (χ1) is 8.63. The summed E-state index contributed by atoms with van der Waals surface area (Å²) in [7, 11) is -3.59. The van der Waals surface area contributed by atoms with Gasteiger partial charge in [0.2, 0.25) is 14.5 Å². The molecule has 19 heavy (non-hydrogen) atoms. The molecule has 0 N–H and O–H groups in total. The van der Waals surface area contributed by atoms with Crippen molar-refractivity contribution in [2.75, 3.05) is 6.61 Å². The third kappa shape index (κ3) is 3.42. The Kier molecular flexibility index (Phi) is 5.27. The molecule has 0 aromatic heterocycles. The summed E-state index contributed by atoms with van der Waals surface area (Å²) >= 11 is 0. The van der Waals surface area contributed by atoms with E-state index < -0.39 is 38.8 Å². The van der Waals surface area contributed by atoms with E-state index >= 15 is 0 Å². The molecule has 1 rings (SSSR count). The van der Waals surface area contributed by atoms with E-state index in [1.807, 2.05) is 0 Å². The molecule has 1 aliphatic heterocycles. The van der Waals surface area contributed by atoms with Crippen LogP contribution in [-0.2, 0) is 4.43 Å². The average molecular weight is 312 g/mol. The maximum atomic E-state index is 13.9. The van der Waals surface area contributed by atoms with Crippen LogP contribution in [0.4, 0.5) is 30.7 Å². The molecule has 1 saturated heterocycles. The molecular formula is C10H15F7OSi. The number of hydrogen-bond acceptors (Lipinski definition) is 1. The molecule has 0 bridgehead atoms. The third-order valence-electron chi connectivity index (χ3n) is 3.26. The van der Waals surface area contributed by atoms with Gasteiger partial charge in [-0.25, -0.2) is 30.7 Å². The maximum absolute atomic E-state index is 13.9. The van der Waals surface area contributed by atoms with E-state index in [2.05, 4.69) is 0 Å². The van der Waals surface area contributed by atoms with Crippen LogP contribution in [0.3, 0.4) is 0 Å². The molecule has 4 atom stereocenters. The zero-order chi connectivity index (χ0) is 14.8. The van der Waals surface area contributed by atoms with Crippen molar-refractivity contribution in [1.29, 1.82) is 0 Å². The van der Waals surface area contributed by atoms with Gasteiger partial charge in [-0.15, -0.1) is 0 Å². The van der Waals surface area contributed by atoms with Crippen molar-refractivity contribution in [2.24, 2.45) is 0 Å². The summed E-state index contributed by atoms with van der Waals surface area (Å²) in [5, 5.41) is 0. The van der Waals surface area contributed by atoms with Gasteiger partial charge in [-0.3, -0.25) is 0 Å². The first-order valence-electron chi connectivity index (χ1n) is 5.85. The van der Waals surface area contributed by atoms with Gasteiger partial charge < -0.3 is 4.43 Å². The van der Waals surface area contributed by atoms with Crippen molar-refractivity contribution in [3.63, 3.8) is 0 Å². The Labute approximate surface area is 107 Å². The van der Waals surface area contributed by atoms with Gasteiger partial charge in [0.25, 0.3) is 6.43 Å². The molecule has 1 nitrogen and oxygen atoms in total. The van der Waals surface area contributed by atoms with Gasteiger partial charge in [0.15, 0.2) is 12.0 Å². The zero-order valence-electron chi connectivity index (χ0n) is 10.2.